The topological polar surface area (TPSA) is 72.5 Å². The first-order valence-electron chi connectivity index (χ1n) is 9.14. The first kappa shape index (κ1) is 17.9. The molecule has 2 N–H and O–H groups in total. The molecule has 0 atom stereocenters. The Morgan fingerprint density at radius 3 is 2.57 bits per heavy atom. The van der Waals surface area contributed by atoms with Gasteiger partial charge in [0.2, 0.25) is 0 Å². The first-order chi connectivity index (χ1) is 13.7. The Balaban J connectivity index is 1.38. The highest BCUT2D eigenvalue weighted by Crippen LogP contribution is 2.32. The highest BCUT2D eigenvalue weighted by Gasteiger charge is 2.14. The van der Waals surface area contributed by atoms with E-state index >= 15 is 0 Å². The molecule has 1 aliphatic rings. The predicted molar refractivity (Wildman–Crippen MR) is 108 cm³/mol. The number of amides is 1. The number of hydrogen-bond acceptors (Lipinski definition) is 5. The summed E-state index contributed by atoms with van der Waals surface area (Å²) in [5.41, 5.74) is 4.30. The maximum atomic E-state index is 12.5. The fraction of sp³-hybridized carbons (Fsp3) is 0.182. The lowest BCUT2D eigenvalue weighted by atomic mass is 10.1. The lowest BCUT2D eigenvalue weighted by Gasteiger charge is -2.19. The van der Waals surface area contributed by atoms with E-state index in [2.05, 4.69) is 34.7 Å². The van der Waals surface area contributed by atoms with Crippen LogP contribution in [0.4, 0.5) is 11.4 Å². The van der Waals surface area contributed by atoms with E-state index < -0.39 is 0 Å². The van der Waals surface area contributed by atoms with Crippen LogP contribution >= 0.6 is 0 Å². The Labute approximate surface area is 163 Å². The van der Waals surface area contributed by atoms with Gasteiger partial charge in [-0.2, -0.15) is 0 Å². The first-order valence-corrected chi connectivity index (χ1v) is 9.14. The number of aromatic nitrogens is 1. The molecule has 4 rings (SSSR count). The third-order valence-corrected chi connectivity index (χ3v) is 4.54. The van der Waals surface area contributed by atoms with Crippen molar-refractivity contribution in [1.82, 2.24) is 4.98 Å². The number of hydrogen-bond donors (Lipinski definition) is 2. The van der Waals surface area contributed by atoms with Crippen molar-refractivity contribution in [3.8, 4) is 11.5 Å². The number of nitrogens with zero attached hydrogens (tertiary/aromatic N) is 1. The molecule has 3 aromatic rings. The minimum absolute atomic E-state index is 0.276. The molecule has 1 aromatic heterocycles. The van der Waals surface area contributed by atoms with Gasteiger partial charge in [-0.1, -0.05) is 24.3 Å². The number of fused-ring (bicyclic) bond motifs is 1. The lowest BCUT2D eigenvalue weighted by molar-refractivity contribution is 0.102. The number of aryl methyl sites for hydroxylation is 1. The molecule has 0 saturated carbocycles. The van der Waals surface area contributed by atoms with Gasteiger partial charge < -0.3 is 20.1 Å². The van der Waals surface area contributed by atoms with Crippen molar-refractivity contribution in [2.24, 2.45) is 0 Å². The van der Waals surface area contributed by atoms with Crippen molar-refractivity contribution in [3.63, 3.8) is 0 Å². The van der Waals surface area contributed by atoms with Crippen LogP contribution in [-0.4, -0.2) is 24.1 Å². The zero-order valence-corrected chi connectivity index (χ0v) is 15.6. The summed E-state index contributed by atoms with van der Waals surface area (Å²) >= 11 is 0. The summed E-state index contributed by atoms with van der Waals surface area (Å²) < 4.78 is 11.0. The quantitative estimate of drug-likeness (QED) is 0.705. The molecule has 0 fully saturated rings. The second-order valence-electron chi connectivity index (χ2n) is 6.52. The number of benzene rings is 2. The van der Waals surface area contributed by atoms with Crippen LogP contribution in [0.3, 0.4) is 0 Å². The maximum Gasteiger partial charge on any atom is 0.274 e. The summed E-state index contributed by atoms with van der Waals surface area (Å²) in [4.78, 5) is 16.7. The van der Waals surface area contributed by atoms with Gasteiger partial charge in [0.15, 0.2) is 11.5 Å². The van der Waals surface area contributed by atoms with Crippen LogP contribution in [0.1, 0.15) is 21.6 Å². The van der Waals surface area contributed by atoms with Crippen LogP contribution in [0.5, 0.6) is 11.5 Å². The second kappa shape index (κ2) is 8.00. The van der Waals surface area contributed by atoms with E-state index in [0.717, 1.165) is 5.69 Å². The van der Waals surface area contributed by atoms with Crippen molar-refractivity contribution >= 4 is 17.3 Å². The number of nitrogens with one attached hydrogen (secondary N) is 2. The van der Waals surface area contributed by atoms with Crippen LogP contribution in [0.25, 0.3) is 0 Å². The molecule has 2 heterocycles. The maximum absolute atomic E-state index is 12.5. The largest absolute Gasteiger partial charge is 0.486 e. The second-order valence-corrected chi connectivity index (χ2v) is 6.52. The molecule has 1 aliphatic heterocycles. The van der Waals surface area contributed by atoms with Crippen molar-refractivity contribution in [1.29, 1.82) is 0 Å². The molecule has 1 amide bonds. The van der Waals surface area contributed by atoms with Gasteiger partial charge in [-0.25, -0.2) is 4.98 Å². The summed E-state index contributed by atoms with van der Waals surface area (Å²) in [6, 6.07) is 17.1. The van der Waals surface area contributed by atoms with Crippen LogP contribution in [0.15, 0.2) is 60.8 Å². The van der Waals surface area contributed by atoms with Gasteiger partial charge in [-0.15, -0.1) is 0 Å². The Bertz CT molecular complexity index is 987. The number of ether oxygens (including phenoxy) is 2. The van der Waals surface area contributed by atoms with Crippen LogP contribution < -0.4 is 20.1 Å². The molecule has 0 saturated heterocycles. The van der Waals surface area contributed by atoms with E-state index in [-0.39, 0.29) is 5.91 Å². The minimum atomic E-state index is -0.276. The molecule has 0 radical (unpaired) electrons. The number of carbonyl (C=O) groups excluding carboxylic acids is 1. The molecule has 6 heteroatoms. The highest BCUT2D eigenvalue weighted by molar-refractivity contribution is 6.03. The van der Waals surface area contributed by atoms with Gasteiger partial charge in [-0.05, 0) is 42.3 Å². The van der Waals surface area contributed by atoms with Gasteiger partial charge in [0.25, 0.3) is 5.91 Å². The molecular formula is C22H21N3O3. The molecule has 28 heavy (non-hydrogen) atoms. The monoisotopic (exact) mass is 375 g/mol. The van der Waals surface area contributed by atoms with Crippen molar-refractivity contribution in [3.05, 3.63) is 77.6 Å². The highest BCUT2D eigenvalue weighted by atomic mass is 16.6. The number of pyridine rings is 1. The smallest absolute Gasteiger partial charge is 0.274 e. The Kier molecular flexibility index (Phi) is 5.10. The average Bonchev–Trinajstić information content (AvgIpc) is 2.73. The third kappa shape index (κ3) is 4.06. The summed E-state index contributed by atoms with van der Waals surface area (Å²) in [5, 5.41) is 6.16. The predicted octanol–water partition coefficient (Wildman–Crippen LogP) is 4.03. The summed E-state index contributed by atoms with van der Waals surface area (Å²) in [7, 11) is 0. The van der Waals surface area contributed by atoms with Gasteiger partial charge in [0, 0.05) is 18.3 Å². The van der Waals surface area contributed by atoms with E-state index in [1.54, 1.807) is 30.5 Å². The zero-order valence-electron chi connectivity index (χ0n) is 15.6. The van der Waals surface area contributed by atoms with Gasteiger partial charge in [-0.3, -0.25) is 4.79 Å². The molecule has 0 bridgehead atoms. The molecule has 2 aromatic carbocycles. The molecule has 0 aliphatic carbocycles. The Morgan fingerprint density at radius 1 is 1.00 bits per heavy atom. The van der Waals surface area contributed by atoms with E-state index in [4.69, 9.17) is 9.47 Å². The molecule has 0 unspecified atom stereocenters. The van der Waals surface area contributed by atoms with Crippen molar-refractivity contribution in [2.75, 3.05) is 23.8 Å². The summed E-state index contributed by atoms with van der Waals surface area (Å²) in [5.74, 6) is 1.04. The molecule has 0 spiro atoms. The van der Waals surface area contributed by atoms with Crippen LogP contribution in [-0.2, 0) is 6.54 Å². The van der Waals surface area contributed by atoms with Gasteiger partial charge in [0.05, 0.1) is 11.9 Å². The van der Waals surface area contributed by atoms with Gasteiger partial charge in [0.1, 0.15) is 18.9 Å². The summed E-state index contributed by atoms with van der Waals surface area (Å²) in [6.45, 7) is 3.83. The normalized spacial score (nSPS) is 12.3. The van der Waals surface area contributed by atoms with E-state index in [1.165, 1.54) is 11.1 Å². The van der Waals surface area contributed by atoms with E-state index in [1.807, 2.05) is 18.2 Å². The molecule has 142 valence electrons. The SMILES string of the molecule is Cc1ccccc1CNc1ccc(C(=O)Nc2ccc3c(c2)OCCO3)nc1. The van der Waals surface area contributed by atoms with Crippen molar-refractivity contribution < 1.29 is 14.3 Å². The molecule has 6 nitrogen and oxygen atoms in total. The standard InChI is InChI=1S/C22H21N3O3/c1-15-4-2-3-5-16(15)13-23-18-6-8-19(24-14-18)22(26)25-17-7-9-20-21(12-17)28-11-10-27-20/h2-9,12,14,23H,10-11,13H2,1H3,(H,25,26). The number of carbonyl (C=O) groups is 1. The fourth-order valence-electron chi connectivity index (χ4n) is 2.95. The minimum Gasteiger partial charge on any atom is -0.486 e. The van der Waals surface area contributed by atoms with E-state index in [0.29, 0.717) is 42.6 Å². The van der Waals surface area contributed by atoms with Crippen LogP contribution in [0, 0.1) is 6.92 Å². The Morgan fingerprint density at radius 2 is 1.79 bits per heavy atom. The average molecular weight is 375 g/mol. The number of rotatable bonds is 5. The van der Waals surface area contributed by atoms with Crippen molar-refractivity contribution in [2.45, 2.75) is 13.5 Å². The Hall–Kier alpha value is -3.54. The number of anilines is 2. The zero-order chi connectivity index (χ0) is 19.3. The molecular weight excluding hydrogens is 354 g/mol. The third-order valence-electron chi connectivity index (χ3n) is 4.54. The fourth-order valence-corrected chi connectivity index (χ4v) is 2.95. The van der Waals surface area contributed by atoms with Crippen LogP contribution in [0.2, 0.25) is 0 Å². The lowest BCUT2D eigenvalue weighted by Crippen LogP contribution is -2.17. The van der Waals surface area contributed by atoms with E-state index in [9.17, 15) is 4.79 Å². The van der Waals surface area contributed by atoms with Gasteiger partial charge >= 0.3 is 0 Å². The summed E-state index contributed by atoms with van der Waals surface area (Å²) in [6.07, 6.45) is 1.66.